The monoisotopic (exact) mass is 606 g/mol. The fraction of sp³-hybridized carbons (Fsp3) is 0. The van der Waals surface area contributed by atoms with Crippen molar-refractivity contribution >= 4 is 37.3 Å². The van der Waals surface area contributed by atoms with E-state index < -0.39 is 0 Å². The van der Waals surface area contributed by atoms with Gasteiger partial charge in [-0.25, -0.2) is 15.0 Å². The number of thiazole rings is 1. The second-order valence-electron chi connectivity index (χ2n) is 11.3. The highest BCUT2D eigenvalue weighted by Crippen LogP contribution is 2.43. The van der Waals surface area contributed by atoms with E-state index in [1.165, 1.54) is 42.6 Å². The molecule has 0 bridgehead atoms. The number of para-hydroxylation sites is 1. The topological polar surface area (TPSA) is 43.1 Å². The zero-order chi connectivity index (χ0) is 30.5. The van der Waals surface area contributed by atoms with E-state index in [9.17, 15) is 0 Å². The summed E-state index contributed by atoms with van der Waals surface area (Å²) in [4.78, 5) is 16.0. The van der Waals surface area contributed by atoms with Crippen molar-refractivity contribution in [2.75, 3.05) is 0 Å². The Morgan fingerprint density at radius 2 is 0.870 bits per heavy atom. The third-order valence-electron chi connectivity index (χ3n) is 8.48. The summed E-state index contributed by atoms with van der Waals surface area (Å²) in [5.41, 5.74) is 10.2. The second-order valence-corrected chi connectivity index (χ2v) is 12.3. The molecular formula is C41H26N4S. The van der Waals surface area contributed by atoms with E-state index >= 15 is 0 Å². The zero-order valence-electron chi connectivity index (χ0n) is 24.7. The first-order chi connectivity index (χ1) is 22.8. The van der Waals surface area contributed by atoms with Gasteiger partial charge < -0.3 is 0 Å². The van der Waals surface area contributed by atoms with Crippen LogP contribution in [0, 0.1) is 0 Å². The van der Waals surface area contributed by atoms with E-state index in [-0.39, 0.29) is 0 Å². The Balaban J connectivity index is 1.18. The number of rotatable bonds is 5. The van der Waals surface area contributed by atoms with Crippen LogP contribution in [0.4, 0.5) is 0 Å². The maximum atomic E-state index is 4.93. The van der Waals surface area contributed by atoms with Gasteiger partial charge in [-0.15, -0.1) is 11.3 Å². The van der Waals surface area contributed by atoms with Gasteiger partial charge in [0.15, 0.2) is 17.5 Å². The summed E-state index contributed by atoms with van der Waals surface area (Å²) in [7, 11) is 0. The van der Waals surface area contributed by atoms with E-state index in [0.717, 1.165) is 22.3 Å². The molecule has 0 fully saturated rings. The molecule has 0 unspecified atom stereocenters. The van der Waals surface area contributed by atoms with Crippen LogP contribution in [0.3, 0.4) is 0 Å². The summed E-state index contributed by atoms with van der Waals surface area (Å²) in [5.74, 6) is 1.98. The number of nitrogens with zero attached hydrogens (tertiary/aromatic N) is 4. The average Bonchev–Trinajstić information content (AvgIpc) is 3.67. The molecule has 0 saturated heterocycles. The molecule has 0 amide bonds. The van der Waals surface area contributed by atoms with Crippen LogP contribution in [0.2, 0.25) is 0 Å². The van der Waals surface area contributed by atoms with Crippen LogP contribution in [0.1, 0.15) is 0 Å². The molecule has 0 spiro atoms. The van der Waals surface area contributed by atoms with Crippen molar-refractivity contribution in [3.8, 4) is 56.4 Å². The lowest BCUT2D eigenvalue weighted by atomic mass is 10.0. The van der Waals surface area contributed by atoms with Gasteiger partial charge in [-0.1, -0.05) is 140 Å². The highest BCUT2D eigenvalue weighted by molar-refractivity contribution is 7.24. The van der Waals surface area contributed by atoms with Gasteiger partial charge in [-0.3, -0.25) is 4.40 Å². The van der Waals surface area contributed by atoms with Gasteiger partial charge in [-0.2, -0.15) is 0 Å². The highest BCUT2D eigenvalue weighted by atomic mass is 32.1. The van der Waals surface area contributed by atoms with Gasteiger partial charge in [0.25, 0.3) is 0 Å². The van der Waals surface area contributed by atoms with Gasteiger partial charge in [0.1, 0.15) is 4.83 Å². The Labute approximate surface area is 269 Å². The van der Waals surface area contributed by atoms with Gasteiger partial charge in [0.05, 0.1) is 15.7 Å². The molecule has 6 aromatic carbocycles. The molecule has 0 aliphatic heterocycles. The molecule has 0 saturated carbocycles. The Morgan fingerprint density at radius 3 is 1.48 bits per heavy atom. The van der Waals surface area contributed by atoms with Crippen molar-refractivity contribution < 1.29 is 0 Å². The normalized spacial score (nSPS) is 11.5. The molecule has 0 atom stereocenters. The summed E-state index contributed by atoms with van der Waals surface area (Å²) >= 11 is 1.84. The molecule has 0 radical (unpaired) electrons. The van der Waals surface area contributed by atoms with Gasteiger partial charge in [0, 0.05) is 27.6 Å². The first kappa shape index (κ1) is 26.5. The number of hydrogen-bond acceptors (Lipinski definition) is 4. The van der Waals surface area contributed by atoms with Crippen LogP contribution in [0.5, 0.6) is 0 Å². The van der Waals surface area contributed by atoms with Crippen LogP contribution in [-0.4, -0.2) is 19.4 Å². The highest BCUT2D eigenvalue weighted by Gasteiger charge is 2.19. The van der Waals surface area contributed by atoms with Crippen LogP contribution < -0.4 is 0 Å². The number of hydrogen-bond donors (Lipinski definition) is 0. The first-order valence-electron chi connectivity index (χ1n) is 15.3. The minimum atomic E-state index is 0.654. The summed E-state index contributed by atoms with van der Waals surface area (Å²) in [5, 5.41) is 1.24. The SMILES string of the molecule is c1ccc(-c2ccc3sc4c(-c5ccc(-c6nc(-c7ccccc7)nc(-c7ccccc7)n6)cc5)c5ccccc5n4c3c2)cc1. The third kappa shape index (κ3) is 4.48. The number of aromatic nitrogens is 4. The van der Waals surface area contributed by atoms with E-state index in [1.54, 1.807) is 0 Å². The second kappa shape index (κ2) is 10.9. The fourth-order valence-corrected chi connectivity index (χ4v) is 7.46. The molecule has 0 N–H and O–H groups in total. The van der Waals surface area contributed by atoms with Crippen molar-refractivity contribution in [1.82, 2.24) is 19.4 Å². The molecule has 0 aliphatic carbocycles. The van der Waals surface area contributed by atoms with E-state index in [1.807, 2.05) is 72.0 Å². The Kier molecular flexibility index (Phi) is 6.28. The number of benzene rings is 6. The van der Waals surface area contributed by atoms with Crippen LogP contribution in [0.25, 0.3) is 82.4 Å². The Hall–Kier alpha value is -5.91. The van der Waals surface area contributed by atoms with Crippen molar-refractivity contribution in [1.29, 1.82) is 0 Å². The largest absolute Gasteiger partial charge is 0.299 e. The Bertz CT molecular complexity index is 2440. The maximum Gasteiger partial charge on any atom is 0.164 e. The molecule has 9 aromatic rings. The summed E-state index contributed by atoms with van der Waals surface area (Å²) in [6.07, 6.45) is 0. The molecule has 9 rings (SSSR count). The lowest BCUT2D eigenvalue weighted by Crippen LogP contribution is -2.00. The van der Waals surface area contributed by atoms with Gasteiger partial charge in [-0.05, 0) is 34.9 Å². The minimum absolute atomic E-state index is 0.654. The molecule has 216 valence electrons. The van der Waals surface area contributed by atoms with Crippen LogP contribution in [0.15, 0.2) is 158 Å². The Morgan fingerprint density at radius 1 is 0.391 bits per heavy atom. The third-order valence-corrected chi connectivity index (χ3v) is 9.62. The average molecular weight is 607 g/mol. The van der Waals surface area contributed by atoms with E-state index in [0.29, 0.717) is 17.5 Å². The summed E-state index contributed by atoms with van der Waals surface area (Å²) in [6.45, 7) is 0. The smallest absolute Gasteiger partial charge is 0.164 e. The molecule has 3 heterocycles. The zero-order valence-corrected chi connectivity index (χ0v) is 25.5. The maximum absolute atomic E-state index is 4.93. The van der Waals surface area contributed by atoms with E-state index in [2.05, 4.69) is 101 Å². The lowest BCUT2D eigenvalue weighted by Gasteiger charge is -2.09. The summed E-state index contributed by atoms with van der Waals surface area (Å²) < 4.78 is 3.69. The first-order valence-corrected chi connectivity index (χ1v) is 16.1. The summed E-state index contributed by atoms with van der Waals surface area (Å²) in [6, 6.07) is 55.0. The predicted octanol–water partition coefficient (Wildman–Crippen LogP) is 10.8. The standard InChI is InChI=1S/C41H26N4S/c1-4-12-27(13-5-1)32-24-25-36-35(26-32)45-34-19-11-10-18-33(34)37(41(45)46-36)28-20-22-31(23-21-28)40-43-38(29-14-6-2-7-15-29)42-39(44-40)30-16-8-3-9-17-30/h1-26H. The molecule has 5 heteroatoms. The lowest BCUT2D eigenvalue weighted by molar-refractivity contribution is 1.07. The molecule has 46 heavy (non-hydrogen) atoms. The minimum Gasteiger partial charge on any atom is -0.299 e. The van der Waals surface area contributed by atoms with Crippen LogP contribution >= 0.6 is 11.3 Å². The molecular weight excluding hydrogens is 581 g/mol. The van der Waals surface area contributed by atoms with Crippen molar-refractivity contribution in [3.63, 3.8) is 0 Å². The molecule has 0 aliphatic rings. The van der Waals surface area contributed by atoms with E-state index in [4.69, 9.17) is 15.0 Å². The van der Waals surface area contributed by atoms with Crippen molar-refractivity contribution in [3.05, 3.63) is 158 Å². The fourth-order valence-electron chi connectivity index (χ4n) is 6.25. The van der Waals surface area contributed by atoms with Gasteiger partial charge >= 0.3 is 0 Å². The van der Waals surface area contributed by atoms with Gasteiger partial charge in [0.2, 0.25) is 0 Å². The molecule has 4 nitrogen and oxygen atoms in total. The number of fused-ring (bicyclic) bond motifs is 5. The van der Waals surface area contributed by atoms with Crippen LogP contribution in [-0.2, 0) is 0 Å². The predicted molar refractivity (Wildman–Crippen MR) is 191 cm³/mol. The van der Waals surface area contributed by atoms with Crippen molar-refractivity contribution in [2.24, 2.45) is 0 Å². The quantitative estimate of drug-likeness (QED) is 0.196. The van der Waals surface area contributed by atoms with Crippen molar-refractivity contribution in [2.45, 2.75) is 0 Å². The molecule has 3 aromatic heterocycles.